The van der Waals surface area contributed by atoms with E-state index in [1.807, 2.05) is 48.5 Å². The summed E-state index contributed by atoms with van der Waals surface area (Å²) in [6.45, 7) is 1.23. The molecule has 0 aromatic heterocycles. The molecule has 1 saturated heterocycles. The molecule has 0 radical (unpaired) electrons. The molecule has 4 unspecified atom stereocenters. The Morgan fingerprint density at radius 2 is 1.87 bits per heavy atom. The number of nitrogens with zero attached hydrogens (tertiary/aromatic N) is 1. The van der Waals surface area contributed by atoms with Crippen molar-refractivity contribution < 1.29 is 23.7 Å². The van der Waals surface area contributed by atoms with E-state index in [1.54, 1.807) is 20.5 Å². The number of carbonyl (C=O) groups is 1. The topological polar surface area (TPSA) is 57.2 Å². The van der Waals surface area contributed by atoms with Gasteiger partial charge in [-0.3, -0.25) is 4.79 Å². The highest BCUT2D eigenvalue weighted by Crippen LogP contribution is 2.43. The molecule has 2 aliphatic heterocycles. The number of fused-ring (bicyclic) bond motifs is 3. The quantitative estimate of drug-likeness (QED) is 0.746. The Labute approximate surface area is 182 Å². The molecule has 4 atom stereocenters. The Balaban J connectivity index is 1.40. The predicted octanol–water partition coefficient (Wildman–Crippen LogP) is 3.90. The molecule has 0 bridgehead atoms. The number of Topliss-reactive ketones (excluding diaryl/α,β-unsaturated/α-hetero) is 1. The fourth-order valence-corrected chi connectivity index (χ4v) is 5.08. The van der Waals surface area contributed by atoms with Crippen LogP contribution in [0.4, 0.5) is 5.69 Å². The molecule has 1 aliphatic carbocycles. The zero-order valence-corrected chi connectivity index (χ0v) is 17.8. The predicted molar refractivity (Wildman–Crippen MR) is 117 cm³/mol. The number of hydrogen-bond donors (Lipinski definition) is 0. The summed E-state index contributed by atoms with van der Waals surface area (Å²) in [4.78, 5) is 15.5. The molecule has 0 spiro atoms. The number of anilines is 1. The largest absolute Gasteiger partial charge is 0.497 e. The number of carbonyl (C=O) groups excluding carboxylic acids is 1. The second-order valence-electron chi connectivity index (χ2n) is 8.30. The number of methoxy groups -OCH3 is 2. The molecular weight excluding hydrogens is 394 g/mol. The van der Waals surface area contributed by atoms with Gasteiger partial charge in [-0.1, -0.05) is 30.3 Å². The van der Waals surface area contributed by atoms with E-state index in [2.05, 4.69) is 4.90 Å². The number of benzene rings is 2. The fraction of sp³-hybridized carbons (Fsp3) is 0.400. The first-order chi connectivity index (χ1) is 15.2. The van der Waals surface area contributed by atoms with Crippen LogP contribution >= 0.6 is 0 Å². The zero-order valence-electron chi connectivity index (χ0n) is 17.8. The molecule has 2 fully saturated rings. The zero-order chi connectivity index (χ0) is 21.4. The van der Waals surface area contributed by atoms with E-state index in [4.69, 9.17) is 18.9 Å². The first-order valence-electron chi connectivity index (χ1n) is 10.7. The van der Waals surface area contributed by atoms with Gasteiger partial charge in [-0.15, -0.1) is 0 Å². The van der Waals surface area contributed by atoms with Gasteiger partial charge in [0, 0.05) is 18.5 Å². The molecule has 2 aromatic rings. The summed E-state index contributed by atoms with van der Waals surface area (Å²) in [5.74, 6) is 1.63. The minimum atomic E-state index is -0.175. The van der Waals surface area contributed by atoms with Crippen LogP contribution in [0, 0.1) is 11.8 Å². The van der Waals surface area contributed by atoms with Crippen molar-refractivity contribution in [3.63, 3.8) is 0 Å². The second-order valence-corrected chi connectivity index (χ2v) is 8.30. The van der Waals surface area contributed by atoms with E-state index in [0.717, 1.165) is 42.1 Å². The van der Waals surface area contributed by atoms with Gasteiger partial charge in [0.2, 0.25) is 0 Å². The van der Waals surface area contributed by atoms with Crippen molar-refractivity contribution in [1.29, 1.82) is 0 Å². The molecule has 0 N–H and O–H groups in total. The van der Waals surface area contributed by atoms with Crippen LogP contribution in [0.1, 0.15) is 18.4 Å². The Kier molecular flexibility index (Phi) is 5.32. The maximum atomic E-state index is 13.3. The SMILES string of the molecule is COc1ccc(N2COC3CCC4C(=O)C(c5ccccc5)=COC4C3C2)c(OC)c1. The first kappa shape index (κ1) is 19.9. The van der Waals surface area contributed by atoms with Gasteiger partial charge in [0.15, 0.2) is 5.78 Å². The van der Waals surface area contributed by atoms with Gasteiger partial charge in [0.05, 0.1) is 43.8 Å². The van der Waals surface area contributed by atoms with Crippen LogP contribution in [0.2, 0.25) is 0 Å². The van der Waals surface area contributed by atoms with Crippen LogP contribution < -0.4 is 14.4 Å². The highest BCUT2D eigenvalue weighted by atomic mass is 16.5. The summed E-state index contributed by atoms with van der Waals surface area (Å²) in [5.41, 5.74) is 2.54. The number of rotatable bonds is 4. The van der Waals surface area contributed by atoms with Crippen LogP contribution in [-0.4, -0.2) is 45.5 Å². The van der Waals surface area contributed by atoms with E-state index >= 15 is 0 Å². The maximum Gasteiger partial charge on any atom is 0.173 e. The maximum absolute atomic E-state index is 13.3. The molecule has 1 saturated carbocycles. The first-order valence-corrected chi connectivity index (χ1v) is 10.7. The summed E-state index contributed by atoms with van der Waals surface area (Å²) in [5, 5.41) is 0. The highest BCUT2D eigenvalue weighted by Gasteiger charge is 2.49. The lowest BCUT2D eigenvalue weighted by Crippen LogP contribution is -2.56. The third-order valence-electron chi connectivity index (χ3n) is 6.69. The van der Waals surface area contributed by atoms with Crippen LogP contribution in [0.25, 0.3) is 5.57 Å². The van der Waals surface area contributed by atoms with Gasteiger partial charge in [0.1, 0.15) is 24.3 Å². The van der Waals surface area contributed by atoms with Crippen LogP contribution in [0.15, 0.2) is 54.8 Å². The van der Waals surface area contributed by atoms with Crippen molar-refractivity contribution in [2.75, 3.05) is 32.4 Å². The van der Waals surface area contributed by atoms with Crippen molar-refractivity contribution >= 4 is 17.0 Å². The van der Waals surface area contributed by atoms with Gasteiger partial charge < -0.3 is 23.8 Å². The number of ether oxygens (including phenoxy) is 4. The van der Waals surface area contributed by atoms with Crippen molar-refractivity contribution in [2.45, 2.75) is 25.0 Å². The highest BCUT2D eigenvalue weighted by molar-refractivity contribution is 6.22. The number of allylic oxidation sites excluding steroid dienone is 1. The molecule has 31 heavy (non-hydrogen) atoms. The lowest BCUT2D eigenvalue weighted by atomic mass is 9.71. The molecule has 162 valence electrons. The van der Waals surface area contributed by atoms with Crippen molar-refractivity contribution in [3.05, 3.63) is 60.4 Å². The molecular formula is C25H27NO5. The Hall–Kier alpha value is -2.99. The normalized spacial score (nSPS) is 27.5. The molecule has 2 aromatic carbocycles. The van der Waals surface area contributed by atoms with E-state index in [9.17, 15) is 4.79 Å². The van der Waals surface area contributed by atoms with Gasteiger partial charge >= 0.3 is 0 Å². The molecule has 2 heterocycles. The Morgan fingerprint density at radius 3 is 2.65 bits per heavy atom. The Morgan fingerprint density at radius 1 is 1.03 bits per heavy atom. The van der Waals surface area contributed by atoms with Crippen molar-refractivity contribution in [1.82, 2.24) is 0 Å². The second kappa shape index (κ2) is 8.27. The molecule has 3 aliphatic rings. The van der Waals surface area contributed by atoms with Gasteiger partial charge in [0.25, 0.3) is 0 Å². The summed E-state index contributed by atoms with van der Waals surface area (Å²) >= 11 is 0. The molecule has 6 heteroatoms. The summed E-state index contributed by atoms with van der Waals surface area (Å²) < 4.78 is 23.4. The molecule has 0 amide bonds. The summed E-state index contributed by atoms with van der Waals surface area (Å²) in [7, 11) is 3.29. The smallest absolute Gasteiger partial charge is 0.173 e. The van der Waals surface area contributed by atoms with Gasteiger partial charge in [-0.25, -0.2) is 0 Å². The van der Waals surface area contributed by atoms with Crippen LogP contribution in [0.3, 0.4) is 0 Å². The van der Waals surface area contributed by atoms with Gasteiger partial charge in [-0.2, -0.15) is 0 Å². The van der Waals surface area contributed by atoms with E-state index in [1.165, 1.54) is 0 Å². The average Bonchev–Trinajstić information content (AvgIpc) is 2.84. The van der Waals surface area contributed by atoms with Crippen molar-refractivity contribution in [3.8, 4) is 11.5 Å². The Bertz CT molecular complexity index is 989. The van der Waals surface area contributed by atoms with Crippen molar-refractivity contribution in [2.24, 2.45) is 11.8 Å². The lowest BCUT2D eigenvalue weighted by Gasteiger charge is -2.48. The number of ketones is 1. The third kappa shape index (κ3) is 3.55. The minimum Gasteiger partial charge on any atom is -0.497 e. The lowest BCUT2D eigenvalue weighted by molar-refractivity contribution is -0.140. The standard InChI is InChI=1S/C25H27NO5/c1-28-17-8-10-21(23(12-17)29-2)26-13-19-22(31-15-26)11-9-18-24(27)20(14-30-25(18)19)16-6-4-3-5-7-16/h3-8,10,12,14,18-19,22,25H,9,11,13,15H2,1-2H3. The van der Waals surface area contributed by atoms with Gasteiger partial charge in [-0.05, 0) is 30.5 Å². The summed E-state index contributed by atoms with van der Waals surface area (Å²) in [6.07, 6.45) is 3.25. The minimum absolute atomic E-state index is 0.0984. The van der Waals surface area contributed by atoms with E-state index in [-0.39, 0.29) is 29.8 Å². The molecule has 6 nitrogen and oxygen atoms in total. The number of hydrogen-bond acceptors (Lipinski definition) is 6. The van der Waals surface area contributed by atoms with Crippen LogP contribution in [-0.2, 0) is 14.3 Å². The summed E-state index contributed by atoms with van der Waals surface area (Å²) in [6, 6.07) is 15.5. The van der Waals surface area contributed by atoms with E-state index in [0.29, 0.717) is 12.3 Å². The van der Waals surface area contributed by atoms with Crippen LogP contribution in [0.5, 0.6) is 11.5 Å². The van der Waals surface area contributed by atoms with E-state index < -0.39 is 0 Å². The average molecular weight is 421 g/mol. The monoisotopic (exact) mass is 421 g/mol. The fourth-order valence-electron chi connectivity index (χ4n) is 5.08. The third-order valence-corrected chi connectivity index (χ3v) is 6.69. The molecule has 5 rings (SSSR count).